The Kier molecular flexibility index (Phi) is 4.21. The van der Waals surface area contributed by atoms with Gasteiger partial charge in [0.25, 0.3) is 5.91 Å². The zero-order valence-corrected chi connectivity index (χ0v) is 13.0. The minimum absolute atomic E-state index is 0.0120. The average molecular weight is 357 g/mol. The molecule has 2 aromatic heterocycles. The summed E-state index contributed by atoms with van der Waals surface area (Å²) < 4.78 is 5.02. The van der Waals surface area contributed by atoms with Crippen molar-refractivity contribution in [1.29, 1.82) is 0 Å². The second-order valence-electron chi connectivity index (χ2n) is 5.06. The van der Waals surface area contributed by atoms with E-state index in [0.29, 0.717) is 11.4 Å². The largest absolute Gasteiger partial charge is 0.508 e. The van der Waals surface area contributed by atoms with Gasteiger partial charge >= 0.3 is 5.88 Å². The summed E-state index contributed by atoms with van der Waals surface area (Å²) in [4.78, 5) is 34.5. The van der Waals surface area contributed by atoms with Crippen LogP contribution < -0.4 is 11.0 Å². The number of phenols is 1. The number of rotatable bonds is 5. The summed E-state index contributed by atoms with van der Waals surface area (Å²) in [6.07, 6.45) is 1.63. The lowest BCUT2D eigenvalue weighted by atomic mass is 10.2. The number of aromatic nitrogens is 2. The number of phenolic OH excluding ortho intramolecular Hbond substituents is 1. The lowest BCUT2D eigenvalue weighted by molar-refractivity contribution is -0.401. The monoisotopic (exact) mass is 357 g/mol. The van der Waals surface area contributed by atoms with E-state index < -0.39 is 16.7 Å². The molecule has 0 radical (unpaired) electrons. The van der Waals surface area contributed by atoms with Crippen molar-refractivity contribution >= 4 is 18.1 Å². The second-order valence-corrected chi connectivity index (χ2v) is 5.06. The van der Waals surface area contributed by atoms with Gasteiger partial charge in [-0.2, -0.15) is 9.91 Å². The number of carbonyl (C=O) groups is 2. The van der Waals surface area contributed by atoms with Crippen LogP contribution in [0.15, 0.2) is 47.0 Å². The summed E-state index contributed by atoms with van der Waals surface area (Å²) in [7, 11) is 0. The number of nitrogens with zero attached hydrogens (tertiary/aromatic N) is 4. The van der Waals surface area contributed by atoms with Gasteiger partial charge in [0.2, 0.25) is 0 Å². The number of furan rings is 1. The number of nitrogens with two attached hydrogens (primary N) is 1. The Bertz CT molecular complexity index is 990. The smallest absolute Gasteiger partial charge is 0.433 e. The molecule has 0 fully saturated rings. The number of nitro groups is 1. The summed E-state index contributed by atoms with van der Waals surface area (Å²) in [6, 6.07) is 7.74. The SMILES string of the molecule is NN(C(=O)c1ccc(O)cc1)n1cc(C=O)c(-c2ccc([N+](=O)[O-])o2)n1. The van der Waals surface area contributed by atoms with E-state index in [2.05, 4.69) is 5.10 Å². The Labute approximate surface area is 144 Å². The molecule has 3 N–H and O–H groups in total. The first kappa shape index (κ1) is 16.9. The van der Waals surface area contributed by atoms with Crippen LogP contribution in [-0.4, -0.2) is 32.1 Å². The molecule has 0 aliphatic rings. The second kappa shape index (κ2) is 6.49. The van der Waals surface area contributed by atoms with Gasteiger partial charge in [0.05, 0.1) is 17.8 Å². The van der Waals surface area contributed by atoms with Crippen LogP contribution in [0.25, 0.3) is 11.5 Å². The highest BCUT2D eigenvalue weighted by Crippen LogP contribution is 2.27. The number of amides is 1. The minimum Gasteiger partial charge on any atom is -0.508 e. The maximum atomic E-state index is 12.4. The van der Waals surface area contributed by atoms with E-state index in [1.54, 1.807) is 0 Å². The van der Waals surface area contributed by atoms with E-state index in [0.717, 1.165) is 10.9 Å². The van der Waals surface area contributed by atoms with Crippen molar-refractivity contribution in [1.82, 2.24) is 9.89 Å². The normalized spacial score (nSPS) is 10.5. The molecule has 0 bridgehead atoms. The van der Waals surface area contributed by atoms with Crippen LogP contribution in [0.2, 0.25) is 0 Å². The standard InChI is InChI=1S/C15H11N5O6/c16-19(15(23)9-1-3-11(22)4-2-9)18-7-10(8-21)14(17-18)12-5-6-13(26-12)20(24)25/h1-8,22H,16H2. The molecule has 3 rings (SSSR count). The predicted octanol–water partition coefficient (Wildman–Crippen LogP) is 1.22. The molecule has 132 valence electrons. The molecule has 0 aliphatic carbocycles. The Hall–Kier alpha value is -3.99. The third-order valence-corrected chi connectivity index (χ3v) is 3.41. The fraction of sp³-hybridized carbons (Fsp3) is 0. The highest BCUT2D eigenvalue weighted by molar-refractivity contribution is 6.01. The lowest BCUT2D eigenvalue weighted by Crippen LogP contribution is -2.46. The zero-order valence-electron chi connectivity index (χ0n) is 13.0. The molecule has 1 aromatic carbocycles. The number of benzene rings is 1. The van der Waals surface area contributed by atoms with E-state index in [1.807, 2.05) is 0 Å². The molecule has 0 spiro atoms. The van der Waals surface area contributed by atoms with Crippen LogP contribution in [0.4, 0.5) is 5.88 Å². The van der Waals surface area contributed by atoms with Crippen molar-refractivity contribution in [2.75, 3.05) is 5.12 Å². The van der Waals surface area contributed by atoms with Crippen LogP contribution >= 0.6 is 0 Å². The fourth-order valence-corrected chi connectivity index (χ4v) is 2.15. The number of hydrazine groups is 1. The van der Waals surface area contributed by atoms with Gasteiger partial charge in [-0.15, -0.1) is 5.10 Å². The molecule has 0 aliphatic heterocycles. The number of aromatic hydroxyl groups is 1. The molecule has 0 saturated carbocycles. The Morgan fingerprint density at radius 1 is 1.31 bits per heavy atom. The highest BCUT2D eigenvalue weighted by atomic mass is 16.6. The minimum atomic E-state index is -0.731. The number of carbonyl (C=O) groups excluding carboxylic acids is 2. The lowest BCUT2D eigenvalue weighted by Gasteiger charge is -2.15. The van der Waals surface area contributed by atoms with Crippen molar-refractivity contribution in [3.8, 4) is 17.2 Å². The molecule has 0 atom stereocenters. The first-order valence-electron chi connectivity index (χ1n) is 7.08. The van der Waals surface area contributed by atoms with E-state index in [4.69, 9.17) is 10.3 Å². The molecule has 26 heavy (non-hydrogen) atoms. The predicted molar refractivity (Wildman–Crippen MR) is 86.8 cm³/mol. The fourth-order valence-electron chi connectivity index (χ4n) is 2.15. The van der Waals surface area contributed by atoms with Gasteiger partial charge in [0, 0.05) is 5.56 Å². The van der Waals surface area contributed by atoms with Gasteiger partial charge in [-0.05, 0) is 30.3 Å². The first-order valence-corrected chi connectivity index (χ1v) is 7.08. The molecule has 3 aromatic rings. The average Bonchev–Trinajstić information content (AvgIpc) is 3.27. The van der Waals surface area contributed by atoms with Gasteiger partial charge in [-0.1, -0.05) is 0 Å². The Morgan fingerprint density at radius 3 is 2.58 bits per heavy atom. The van der Waals surface area contributed by atoms with Crippen molar-refractivity contribution in [2.45, 2.75) is 0 Å². The quantitative estimate of drug-likeness (QED) is 0.227. The van der Waals surface area contributed by atoms with Crippen LogP contribution in [0.3, 0.4) is 0 Å². The first-order chi connectivity index (χ1) is 12.4. The Morgan fingerprint density at radius 2 is 2.00 bits per heavy atom. The summed E-state index contributed by atoms with van der Waals surface area (Å²) >= 11 is 0. The third-order valence-electron chi connectivity index (χ3n) is 3.41. The van der Waals surface area contributed by atoms with Crippen LogP contribution in [0.1, 0.15) is 20.7 Å². The Balaban J connectivity index is 1.94. The van der Waals surface area contributed by atoms with Crippen LogP contribution in [-0.2, 0) is 0 Å². The maximum Gasteiger partial charge on any atom is 0.433 e. The molecule has 11 heteroatoms. The van der Waals surface area contributed by atoms with Gasteiger partial charge < -0.3 is 9.52 Å². The van der Waals surface area contributed by atoms with Crippen molar-refractivity contribution in [3.05, 3.63) is 63.8 Å². The van der Waals surface area contributed by atoms with Crippen LogP contribution in [0, 0.1) is 10.1 Å². The molecule has 11 nitrogen and oxygen atoms in total. The van der Waals surface area contributed by atoms with Crippen molar-refractivity contribution < 1.29 is 24.0 Å². The molecule has 1 amide bonds. The van der Waals surface area contributed by atoms with Crippen molar-refractivity contribution in [2.24, 2.45) is 5.84 Å². The number of aldehydes is 1. The maximum absolute atomic E-state index is 12.4. The van der Waals surface area contributed by atoms with E-state index >= 15 is 0 Å². The van der Waals surface area contributed by atoms with E-state index in [1.165, 1.54) is 36.5 Å². The summed E-state index contributed by atoms with van der Waals surface area (Å²) in [5.74, 6) is 4.52. The topological polar surface area (TPSA) is 158 Å². The van der Waals surface area contributed by atoms with Crippen LogP contribution in [0.5, 0.6) is 5.75 Å². The summed E-state index contributed by atoms with van der Waals surface area (Å²) in [5.41, 5.74) is 0.175. The molecular weight excluding hydrogens is 346 g/mol. The molecule has 0 saturated heterocycles. The molecule has 0 unspecified atom stereocenters. The van der Waals surface area contributed by atoms with Crippen molar-refractivity contribution in [3.63, 3.8) is 0 Å². The molecule has 2 heterocycles. The van der Waals surface area contributed by atoms with Gasteiger partial charge in [-0.3, -0.25) is 19.7 Å². The number of hydrogen-bond donors (Lipinski definition) is 2. The number of hydrogen-bond acceptors (Lipinski definition) is 8. The summed E-state index contributed by atoms with van der Waals surface area (Å²) in [6.45, 7) is 0. The summed E-state index contributed by atoms with van der Waals surface area (Å²) in [5, 5.41) is 24.6. The molecular formula is C15H11N5O6. The van der Waals surface area contributed by atoms with E-state index in [9.17, 15) is 24.8 Å². The highest BCUT2D eigenvalue weighted by Gasteiger charge is 2.22. The van der Waals surface area contributed by atoms with Gasteiger partial charge in [0.15, 0.2) is 12.0 Å². The third kappa shape index (κ3) is 3.01. The van der Waals surface area contributed by atoms with Gasteiger partial charge in [0.1, 0.15) is 16.4 Å². The van der Waals surface area contributed by atoms with E-state index in [-0.39, 0.29) is 28.3 Å². The van der Waals surface area contributed by atoms with Gasteiger partial charge in [-0.25, -0.2) is 5.84 Å². The zero-order chi connectivity index (χ0) is 18.8.